The van der Waals surface area contributed by atoms with Crippen LogP contribution in [0.1, 0.15) is 15.9 Å². The second-order valence-electron chi connectivity index (χ2n) is 5.95. The van der Waals surface area contributed by atoms with Gasteiger partial charge >= 0.3 is 5.69 Å². The molecule has 29 heavy (non-hydrogen) atoms. The molecule has 0 atom stereocenters. The number of nitro groups is 1. The van der Waals surface area contributed by atoms with Crippen molar-refractivity contribution in [3.05, 3.63) is 76.1 Å². The van der Waals surface area contributed by atoms with Crippen molar-refractivity contribution in [3.8, 4) is 5.75 Å². The van der Waals surface area contributed by atoms with E-state index in [0.29, 0.717) is 17.0 Å². The lowest BCUT2D eigenvalue weighted by molar-refractivity contribution is -0.383. The van der Waals surface area contributed by atoms with Crippen LogP contribution in [-0.2, 0) is 0 Å². The highest BCUT2D eigenvalue weighted by Crippen LogP contribution is 2.34. The first kappa shape index (κ1) is 19.5. The van der Waals surface area contributed by atoms with E-state index in [0.717, 1.165) is 11.9 Å². The zero-order chi connectivity index (χ0) is 20.8. The van der Waals surface area contributed by atoms with E-state index in [9.17, 15) is 14.9 Å². The minimum atomic E-state index is -0.637. The molecule has 0 unspecified atom stereocenters. The third-order valence-corrected chi connectivity index (χ3v) is 3.94. The molecule has 148 valence electrons. The van der Waals surface area contributed by atoms with Crippen molar-refractivity contribution in [2.24, 2.45) is 0 Å². The Morgan fingerprint density at radius 3 is 2.52 bits per heavy atom. The quantitative estimate of drug-likeness (QED) is 0.411. The van der Waals surface area contributed by atoms with Crippen LogP contribution in [0.3, 0.4) is 0 Å². The lowest BCUT2D eigenvalue weighted by atomic mass is 10.2. The summed E-state index contributed by atoms with van der Waals surface area (Å²) in [5.74, 6) is -0.183. The summed E-state index contributed by atoms with van der Waals surface area (Å²) in [5.41, 5.74) is 6.29. The Bertz CT molecular complexity index is 1040. The summed E-state index contributed by atoms with van der Waals surface area (Å²) in [5, 5.41) is 14.6. The van der Waals surface area contributed by atoms with E-state index in [2.05, 4.69) is 26.1 Å². The van der Waals surface area contributed by atoms with Crippen molar-refractivity contribution >= 4 is 28.9 Å². The molecule has 0 bridgehead atoms. The summed E-state index contributed by atoms with van der Waals surface area (Å²) in [6.07, 6.45) is 1.15. The number of aromatic nitrogens is 2. The number of nitrogens with one attached hydrogen (secondary N) is 3. The van der Waals surface area contributed by atoms with Crippen LogP contribution in [0.2, 0.25) is 0 Å². The van der Waals surface area contributed by atoms with E-state index in [1.807, 2.05) is 13.0 Å². The van der Waals surface area contributed by atoms with Gasteiger partial charge in [0.15, 0.2) is 0 Å². The maximum absolute atomic E-state index is 12.2. The SMILES string of the molecule is COc1ccc(C)cc1Nc1ncnc(NNC(=O)c2ccccc2)c1[N+](=O)[O-]. The second kappa shape index (κ2) is 8.65. The fourth-order valence-corrected chi connectivity index (χ4v) is 2.56. The van der Waals surface area contributed by atoms with Crippen LogP contribution in [0.15, 0.2) is 54.9 Å². The van der Waals surface area contributed by atoms with Crippen molar-refractivity contribution < 1.29 is 14.5 Å². The van der Waals surface area contributed by atoms with Gasteiger partial charge < -0.3 is 10.1 Å². The number of hydrazine groups is 1. The number of aryl methyl sites for hydroxylation is 1. The molecule has 0 saturated heterocycles. The van der Waals surface area contributed by atoms with Crippen molar-refractivity contribution in [1.82, 2.24) is 15.4 Å². The number of benzene rings is 2. The summed E-state index contributed by atoms with van der Waals surface area (Å²) in [6, 6.07) is 13.8. The van der Waals surface area contributed by atoms with Crippen molar-refractivity contribution in [1.29, 1.82) is 0 Å². The average Bonchev–Trinajstić information content (AvgIpc) is 2.72. The normalized spacial score (nSPS) is 10.1. The van der Waals surface area contributed by atoms with Gasteiger partial charge in [-0.15, -0.1) is 0 Å². The molecule has 0 spiro atoms. The Kier molecular flexibility index (Phi) is 5.83. The van der Waals surface area contributed by atoms with Gasteiger partial charge in [-0.05, 0) is 36.8 Å². The first-order valence-electron chi connectivity index (χ1n) is 8.52. The third-order valence-electron chi connectivity index (χ3n) is 3.94. The van der Waals surface area contributed by atoms with Crippen LogP contribution < -0.4 is 20.9 Å². The van der Waals surface area contributed by atoms with Gasteiger partial charge in [0.1, 0.15) is 12.1 Å². The number of carbonyl (C=O) groups excluding carboxylic acids is 1. The second-order valence-corrected chi connectivity index (χ2v) is 5.95. The predicted molar refractivity (Wildman–Crippen MR) is 107 cm³/mol. The van der Waals surface area contributed by atoms with Gasteiger partial charge in [-0.1, -0.05) is 24.3 Å². The largest absolute Gasteiger partial charge is 0.495 e. The Hall–Kier alpha value is -4.21. The minimum absolute atomic E-state index is 0.0506. The highest BCUT2D eigenvalue weighted by atomic mass is 16.6. The van der Waals surface area contributed by atoms with Gasteiger partial charge in [0.2, 0.25) is 11.6 Å². The minimum Gasteiger partial charge on any atom is -0.495 e. The number of nitrogens with zero attached hydrogens (tertiary/aromatic N) is 3. The van der Waals surface area contributed by atoms with Gasteiger partial charge in [-0.3, -0.25) is 25.8 Å². The maximum atomic E-state index is 12.2. The number of anilines is 3. The topological polar surface area (TPSA) is 131 Å². The Balaban J connectivity index is 1.88. The predicted octanol–water partition coefficient (Wildman–Crippen LogP) is 3.20. The molecule has 0 saturated carbocycles. The molecule has 0 aliphatic heterocycles. The smallest absolute Gasteiger partial charge is 0.355 e. The molecule has 0 radical (unpaired) electrons. The van der Waals surface area contributed by atoms with Crippen LogP contribution in [0.4, 0.5) is 23.0 Å². The molecule has 0 fully saturated rings. The molecule has 2 aromatic carbocycles. The summed E-state index contributed by atoms with van der Waals surface area (Å²) in [6.45, 7) is 1.88. The third kappa shape index (κ3) is 4.56. The molecule has 1 amide bonds. The van der Waals surface area contributed by atoms with E-state index in [-0.39, 0.29) is 11.6 Å². The van der Waals surface area contributed by atoms with Crippen LogP contribution in [0.25, 0.3) is 0 Å². The van der Waals surface area contributed by atoms with Gasteiger partial charge in [0.25, 0.3) is 5.91 Å². The fraction of sp³-hybridized carbons (Fsp3) is 0.105. The van der Waals surface area contributed by atoms with Gasteiger partial charge in [0.05, 0.1) is 17.7 Å². The summed E-state index contributed by atoms with van der Waals surface area (Å²) >= 11 is 0. The highest BCUT2D eigenvalue weighted by molar-refractivity contribution is 5.95. The molecule has 10 heteroatoms. The molecule has 0 aliphatic carbocycles. The number of ether oxygens (including phenoxy) is 1. The summed E-state index contributed by atoms with van der Waals surface area (Å²) in [4.78, 5) is 31.1. The molecule has 0 aliphatic rings. The maximum Gasteiger partial charge on any atom is 0.355 e. The molecule has 10 nitrogen and oxygen atoms in total. The van der Waals surface area contributed by atoms with Gasteiger partial charge in [-0.25, -0.2) is 9.97 Å². The lowest BCUT2D eigenvalue weighted by Gasteiger charge is -2.13. The van der Waals surface area contributed by atoms with Gasteiger partial charge in [-0.2, -0.15) is 0 Å². The van der Waals surface area contributed by atoms with Crippen LogP contribution in [-0.4, -0.2) is 27.9 Å². The average molecular weight is 394 g/mol. The van der Waals surface area contributed by atoms with Crippen molar-refractivity contribution in [2.45, 2.75) is 6.92 Å². The molecule has 3 rings (SSSR count). The van der Waals surface area contributed by atoms with Crippen LogP contribution >= 0.6 is 0 Å². The summed E-state index contributed by atoms with van der Waals surface area (Å²) < 4.78 is 5.28. The Morgan fingerprint density at radius 2 is 1.83 bits per heavy atom. The Morgan fingerprint density at radius 1 is 1.10 bits per heavy atom. The number of rotatable bonds is 7. The monoisotopic (exact) mass is 394 g/mol. The Labute approximate surface area is 166 Å². The summed E-state index contributed by atoms with van der Waals surface area (Å²) in [7, 11) is 1.50. The first-order valence-corrected chi connectivity index (χ1v) is 8.52. The fourth-order valence-electron chi connectivity index (χ4n) is 2.56. The zero-order valence-corrected chi connectivity index (χ0v) is 15.7. The zero-order valence-electron chi connectivity index (χ0n) is 15.7. The van der Waals surface area contributed by atoms with E-state index in [4.69, 9.17) is 4.74 Å². The lowest BCUT2D eigenvalue weighted by Crippen LogP contribution is -2.30. The highest BCUT2D eigenvalue weighted by Gasteiger charge is 2.24. The molecular weight excluding hydrogens is 376 g/mol. The number of hydrogen-bond acceptors (Lipinski definition) is 8. The number of amides is 1. The van der Waals surface area contributed by atoms with E-state index >= 15 is 0 Å². The first-order chi connectivity index (χ1) is 14.0. The van der Waals surface area contributed by atoms with E-state index in [1.165, 1.54) is 7.11 Å². The van der Waals surface area contributed by atoms with Crippen LogP contribution in [0, 0.1) is 17.0 Å². The number of hydrogen-bond donors (Lipinski definition) is 3. The van der Waals surface area contributed by atoms with Crippen molar-refractivity contribution in [3.63, 3.8) is 0 Å². The van der Waals surface area contributed by atoms with Gasteiger partial charge in [0, 0.05) is 5.56 Å². The molecule has 1 heterocycles. The van der Waals surface area contributed by atoms with Crippen LogP contribution in [0.5, 0.6) is 5.75 Å². The standard InChI is InChI=1S/C19H18N6O4/c1-12-8-9-15(29-2)14(10-12)22-17-16(25(27)28)18(21-11-20-17)23-24-19(26)13-6-4-3-5-7-13/h3-11H,1-2H3,(H,24,26)(H2,20,21,22,23). The number of carbonyl (C=O) groups is 1. The van der Waals surface area contributed by atoms with E-state index in [1.54, 1.807) is 42.5 Å². The number of methoxy groups -OCH3 is 1. The molecular formula is C19H18N6O4. The molecule has 1 aromatic heterocycles. The molecule has 3 N–H and O–H groups in total. The van der Waals surface area contributed by atoms with Crippen molar-refractivity contribution in [2.75, 3.05) is 17.9 Å². The molecule has 3 aromatic rings. The van der Waals surface area contributed by atoms with E-state index < -0.39 is 16.5 Å².